The summed E-state index contributed by atoms with van der Waals surface area (Å²) in [4.78, 5) is 5.09. The van der Waals surface area contributed by atoms with E-state index in [4.69, 9.17) is 0 Å². The summed E-state index contributed by atoms with van der Waals surface area (Å²) in [6, 6.07) is 10.8. The molecule has 2 nitrogen and oxygen atoms in total. The second-order valence-electron chi connectivity index (χ2n) is 6.13. The molecule has 3 heteroatoms. The van der Waals surface area contributed by atoms with Gasteiger partial charge in [-0.2, -0.15) is 11.8 Å². The summed E-state index contributed by atoms with van der Waals surface area (Å²) in [5.74, 6) is 1.24. The van der Waals surface area contributed by atoms with Gasteiger partial charge in [0.1, 0.15) is 0 Å². The van der Waals surface area contributed by atoms with Crippen molar-refractivity contribution in [2.75, 3.05) is 43.4 Å². The summed E-state index contributed by atoms with van der Waals surface area (Å²) in [7, 11) is 0. The molecule has 1 aromatic rings. The second-order valence-corrected chi connectivity index (χ2v) is 8.05. The molecular weight excluding hydrogens is 252 g/mol. The summed E-state index contributed by atoms with van der Waals surface area (Å²) in [5.41, 5.74) is 1.37. The number of rotatable bonds is 4. The van der Waals surface area contributed by atoms with Gasteiger partial charge in [0, 0.05) is 48.9 Å². The van der Waals surface area contributed by atoms with E-state index in [0.717, 1.165) is 13.1 Å². The molecule has 0 spiro atoms. The highest BCUT2D eigenvalue weighted by Gasteiger charge is 2.17. The maximum atomic E-state index is 2.60. The zero-order chi connectivity index (χ0) is 13.7. The number of thioether (sulfide) groups is 1. The maximum Gasteiger partial charge on any atom is 0.0367 e. The van der Waals surface area contributed by atoms with Crippen LogP contribution in [0.1, 0.15) is 20.8 Å². The Morgan fingerprint density at radius 1 is 1.00 bits per heavy atom. The predicted octanol–water partition coefficient (Wildman–Crippen LogP) is 3.34. The van der Waals surface area contributed by atoms with Crippen LogP contribution < -0.4 is 4.90 Å². The molecule has 1 aliphatic heterocycles. The average Bonchev–Trinajstić information content (AvgIpc) is 2.39. The number of anilines is 1. The standard InChI is InChI=1S/C16H26N2S/c1-16(2,3)19-14-13-17-9-11-18(12-10-17)15-7-5-4-6-8-15/h4-8H,9-14H2,1-3H3. The lowest BCUT2D eigenvalue weighted by atomic mass is 10.2. The quantitative estimate of drug-likeness (QED) is 0.834. The van der Waals surface area contributed by atoms with Gasteiger partial charge in [0.15, 0.2) is 0 Å². The van der Waals surface area contributed by atoms with Crippen molar-refractivity contribution < 1.29 is 0 Å². The minimum atomic E-state index is 0.395. The number of piperazine rings is 1. The molecule has 0 atom stereocenters. The van der Waals surface area contributed by atoms with Crippen LogP contribution in [-0.4, -0.2) is 48.1 Å². The Hall–Kier alpha value is -0.670. The molecule has 106 valence electrons. The molecule has 0 amide bonds. The number of benzene rings is 1. The van der Waals surface area contributed by atoms with Crippen LogP contribution in [0.4, 0.5) is 5.69 Å². The lowest BCUT2D eigenvalue weighted by molar-refractivity contribution is 0.273. The minimum Gasteiger partial charge on any atom is -0.369 e. The largest absolute Gasteiger partial charge is 0.369 e. The van der Waals surface area contributed by atoms with Crippen LogP contribution in [0.3, 0.4) is 0 Å². The van der Waals surface area contributed by atoms with E-state index in [1.807, 2.05) is 0 Å². The first-order chi connectivity index (χ1) is 9.04. The van der Waals surface area contributed by atoms with Gasteiger partial charge in [-0.1, -0.05) is 39.0 Å². The Morgan fingerprint density at radius 3 is 2.21 bits per heavy atom. The molecule has 0 N–H and O–H groups in total. The highest BCUT2D eigenvalue weighted by Crippen LogP contribution is 2.23. The Morgan fingerprint density at radius 2 is 1.63 bits per heavy atom. The molecule has 1 fully saturated rings. The van der Waals surface area contributed by atoms with E-state index in [0.29, 0.717) is 4.75 Å². The molecule has 0 aromatic heterocycles. The van der Waals surface area contributed by atoms with Crippen LogP contribution in [0.2, 0.25) is 0 Å². The highest BCUT2D eigenvalue weighted by atomic mass is 32.2. The number of para-hydroxylation sites is 1. The molecule has 1 heterocycles. The fraction of sp³-hybridized carbons (Fsp3) is 0.625. The fourth-order valence-electron chi connectivity index (χ4n) is 2.35. The van der Waals surface area contributed by atoms with Crippen molar-refractivity contribution in [1.82, 2.24) is 4.90 Å². The molecule has 1 aromatic carbocycles. The van der Waals surface area contributed by atoms with Crippen molar-refractivity contribution in [3.8, 4) is 0 Å². The van der Waals surface area contributed by atoms with Crippen LogP contribution in [0.25, 0.3) is 0 Å². The first-order valence-corrected chi connectivity index (χ1v) is 8.19. The van der Waals surface area contributed by atoms with E-state index in [1.54, 1.807) is 0 Å². The first kappa shape index (κ1) is 14.7. The monoisotopic (exact) mass is 278 g/mol. The van der Waals surface area contributed by atoms with Gasteiger partial charge in [-0.05, 0) is 12.1 Å². The Bertz CT molecular complexity index is 364. The fourth-order valence-corrected chi connectivity index (χ4v) is 3.31. The van der Waals surface area contributed by atoms with E-state index >= 15 is 0 Å². The molecule has 1 saturated heterocycles. The van der Waals surface area contributed by atoms with Crippen molar-refractivity contribution in [2.24, 2.45) is 0 Å². The number of hydrogen-bond donors (Lipinski definition) is 0. The van der Waals surface area contributed by atoms with Crippen LogP contribution in [0.5, 0.6) is 0 Å². The smallest absolute Gasteiger partial charge is 0.0367 e. The summed E-state index contributed by atoms with van der Waals surface area (Å²) < 4.78 is 0.395. The normalized spacial score (nSPS) is 17.7. The lowest BCUT2D eigenvalue weighted by Gasteiger charge is -2.36. The molecule has 0 radical (unpaired) electrons. The maximum absolute atomic E-state index is 2.60. The molecule has 2 rings (SSSR count). The SMILES string of the molecule is CC(C)(C)SCCN1CCN(c2ccccc2)CC1. The third-order valence-electron chi connectivity index (χ3n) is 3.44. The van der Waals surface area contributed by atoms with Gasteiger partial charge >= 0.3 is 0 Å². The molecule has 0 aliphatic carbocycles. The van der Waals surface area contributed by atoms with Gasteiger partial charge in [0.05, 0.1) is 0 Å². The summed E-state index contributed by atoms with van der Waals surface area (Å²) in [6.07, 6.45) is 0. The Kier molecular flexibility index (Phi) is 5.17. The van der Waals surface area contributed by atoms with Crippen LogP contribution in [-0.2, 0) is 0 Å². The van der Waals surface area contributed by atoms with Crippen molar-refractivity contribution in [2.45, 2.75) is 25.5 Å². The molecule has 1 aliphatic rings. The van der Waals surface area contributed by atoms with Crippen LogP contribution in [0, 0.1) is 0 Å². The van der Waals surface area contributed by atoms with Crippen molar-refractivity contribution in [3.63, 3.8) is 0 Å². The number of nitrogens with zero attached hydrogens (tertiary/aromatic N) is 2. The van der Waals surface area contributed by atoms with Gasteiger partial charge in [-0.25, -0.2) is 0 Å². The third-order valence-corrected chi connectivity index (χ3v) is 4.69. The van der Waals surface area contributed by atoms with E-state index in [-0.39, 0.29) is 0 Å². The topological polar surface area (TPSA) is 6.48 Å². The summed E-state index contributed by atoms with van der Waals surface area (Å²) in [5, 5.41) is 0. The Labute approximate surface area is 122 Å². The van der Waals surface area contributed by atoms with E-state index in [1.165, 1.54) is 31.1 Å². The first-order valence-electron chi connectivity index (χ1n) is 7.21. The third kappa shape index (κ3) is 5.07. The van der Waals surface area contributed by atoms with E-state index < -0.39 is 0 Å². The van der Waals surface area contributed by atoms with Gasteiger partial charge in [-0.3, -0.25) is 4.90 Å². The van der Waals surface area contributed by atoms with E-state index in [2.05, 4.69) is 72.7 Å². The highest BCUT2D eigenvalue weighted by molar-refractivity contribution is 8.00. The average molecular weight is 278 g/mol. The molecular formula is C16H26N2S. The minimum absolute atomic E-state index is 0.395. The molecule has 19 heavy (non-hydrogen) atoms. The predicted molar refractivity (Wildman–Crippen MR) is 87.3 cm³/mol. The summed E-state index contributed by atoms with van der Waals surface area (Å²) >= 11 is 2.07. The van der Waals surface area contributed by atoms with Gasteiger partial charge in [0.2, 0.25) is 0 Å². The van der Waals surface area contributed by atoms with Gasteiger partial charge in [0.25, 0.3) is 0 Å². The van der Waals surface area contributed by atoms with Crippen molar-refractivity contribution in [1.29, 1.82) is 0 Å². The van der Waals surface area contributed by atoms with Gasteiger partial charge in [-0.15, -0.1) is 0 Å². The second kappa shape index (κ2) is 6.67. The zero-order valence-electron chi connectivity index (χ0n) is 12.4. The van der Waals surface area contributed by atoms with Gasteiger partial charge < -0.3 is 4.90 Å². The molecule has 0 saturated carbocycles. The van der Waals surface area contributed by atoms with E-state index in [9.17, 15) is 0 Å². The number of hydrogen-bond acceptors (Lipinski definition) is 3. The summed E-state index contributed by atoms with van der Waals surface area (Å²) in [6.45, 7) is 12.8. The van der Waals surface area contributed by atoms with Crippen molar-refractivity contribution >= 4 is 17.4 Å². The Balaban J connectivity index is 1.71. The van der Waals surface area contributed by atoms with Crippen LogP contribution >= 0.6 is 11.8 Å². The van der Waals surface area contributed by atoms with Crippen LogP contribution in [0.15, 0.2) is 30.3 Å². The zero-order valence-corrected chi connectivity index (χ0v) is 13.2. The lowest BCUT2D eigenvalue weighted by Crippen LogP contribution is -2.47. The molecule has 0 bridgehead atoms. The van der Waals surface area contributed by atoms with Crippen molar-refractivity contribution in [3.05, 3.63) is 30.3 Å². The molecule has 0 unspecified atom stereocenters.